The van der Waals surface area contributed by atoms with Crippen LogP contribution in [0.1, 0.15) is 85.5 Å². The van der Waals surface area contributed by atoms with E-state index in [1.807, 2.05) is 0 Å². The molecule has 0 radical (unpaired) electrons. The number of ether oxygens (including phenoxy) is 1. The number of piperidine rings is 1. The van der Waals surface area contributed by atoms with Gasteiger partial charge in [0.15, 0.2) is 0 Å². The van der Waals surface area contributed by atoms with Crippen molar-refractivity contribution >= 4 is 0 Å². The van der Waals surface area contributed by atoms with Crippen LogP contribution in [0.2, 0.25) is 0 Å². The lowest BCUT2D eigenvalue weighted by Crippen LogP contribution is -2.57. The summed E-state index contributed by atoms with van der Waals surface area (Å²) in [7, 11) is 0. The van der Waals surface area contributed by atoms with Gasteiger partial charge in [-0.3, -0.25) is 5.32 Å². The highest BCUT2D eigenvalue weighted by Crippen LogP contribution is 2.70. The molecule has 2 N–H and O–H groups in total. The van der Waals surface area contributed by atoms with E-state index < -0.39 is 0 Å². The Morgan fingerprint density at radius 2 is 1.90 bits per heavy atom. The summed E-state index contributed by atoms with van der Waals surface area (Å²) >= 11 is 0. The number of rotatable bonds is 0. The van der Waals surface area contributed by atoms with Gasteiger partial charge in [-0.15, -0.1) is 0 Å². The summed E-state index contributed by atoms with van der Waals surface area (Å²) in [5.41, 5.74) is 2.33. The summed E-state index contributed by atoms with van der Waals surface area (Å²) in [5, 5.41) is 14.1. The molecule has 2 unspecified atom stereocenters. The molecule has 0 amide bonds. The van der Waals surface area contributed by atoms with Gasteiger partial charge in [0.05, 0.1) is 12.2 Å². The Bertz CT molecular complexity index is 739. The predicted octanol–water partition coefficient (Wildman–Crippen LogP) is 5.29. The smallest absolute Gasteiger partial charge is 0.122 e. The quantitative estimate of drug-likeness (QED) is 0.530. The van der Waals surface area contributed by atoms with Crippen LogP contribution in [0.3, 0.4) is 0 Å². The van der Waals surface area contributed by atoms with Crippen molar-refractivity contribution in [3.8, 4) is 0 Å². The number of allylic oxidation sites excluding steroid dienone is 1. The van der Waals surface area contributed by atoms with Crippen LogP contribution in [-0.4, -0.2) is 29.6 Å². The average molecular weight is 414 g/mol. The van der Waals surface area contributed by atoms with Gasteiger partial charge < -0.3 is 9.84 Å². The third-order valence-corrected chi connectivity index (χ3v) is 11.6. The topological polar surface area (TPSA) is 41.5 Å². The molecular weight excluding hydrogens is 370 g/mol. The lowest BCUT2D eigenvalue weighted by atomic mass is 9.47. The van der Waals surface area contributed by atoms with E-state index in [1.165, 1.54) is 44.9 Å². The van der Waals surface area contributed by atoms with E-state index in [4.69, 9.17) is 4.74 Å². The van der Waals surface area contributed by atoms with E-state index in [0.29, 0.717) is 22.9 Å². The summed E-state index contributed by atoms with van der Waals surface area (Å²) in [6, 6.07) is 0. The first-order valence-electron chi connectivity index (χ1n) is 13.1. The molecule has 1 spiro atoms. The lowest BCUT2D eigenvalue weighted by molar-refractivity contribution is -0.115. The Kier molecular flexibility index (Phi) is 4.44. The largest absolute Gasteiger partial charge is 0.393 e. The minimum absolute atomic E-state index is 0.0439. The first kappa shape index (κ1) is 20.2. The van der Waals surface area contributed by atoms with E-state index in [0.717, 1.165) is 49.0 Å². The minimum atomic E-state index is -0.100. The molecule has 0 aromatic carbocycles. The Morgan fingerprint density at radius 3 is 2.67 bits per heavy atom. The van der Waals surface area contributed by atoms with E-state index in [-0.39, 0.29) is 11.8 Å². The van der Waals surface area contributed by atoms with Gasteiger partial charge in [0.1, 0.15) is 5.72 Å². The Hall–Kier alpha value is -0.380. The van der Waals surface area contributed by atoms with Crippen LogP contribution >= 0.6 is 0 Å². The Labute approximate surface area is 183 Å². The molecule has 6 aliphatic rings. The third-order valence-electron chi connectivity index (χ3n) is 11.6. The monoisotopic (exact) mass is 413 g/mol. The maximum absolute atomic E-state index is 10.3. The van der Waals surface area contributed by atoms with Crippen molar-refractivity contribution in [2.24, 2.45) is 46.3 Å². The molecule has 3 heteroatoms. The molecule has 0 aromatic heterocycles. The van der Waals surface area contributed by atoms with Crippen molar-refractivity contribution in [1.29, 1.82) is 0 Å². The summed E-state index contributed by atoms with van der Waals surface area (Å²) in [4.78, 5) is 0. The highest BCUT2D eigenvalue weighted by Gasteiger charge is 2.68. The summed E-state index contributed by atoms with van der Waals surface area (Å²) < 4.78 is 7.00. The first-order valence-corrected chi connectivity index (χ1v) is 13.1. The molecule has 2 aliphatic heterocycles. The molecule has 3 saturated carbocycles. The van der Waals surface area contributed by atoms with Crippen LogP contribution < -0.4 is 5.32 Å². The van der Waals surface area contributed by atoms with Crippen molar-refractivity contribution in [2.75, 3.05) is 6.54 Å². The minimum Gasteiger partial charge on any atom is -0.393 e. The Balaban J connectivity index is 1.28. The molecule has 11 atom stereocenters. The summed E-state index contributed by atoms with van der Waals surface area (Å²) in [6.07, 6.45) is 13.8. The zero-order chi connectivity index (χ0) is 20.9. The maximum atomic E-state index is 10.3. The fourth-order valence-electron chi connectivity index (χ4n) is 9.84. The number of aliphatic hydroxyl groups excluding tert-OH is 1. The van der Waals surface area contributed by atoms with Gasteiger partial charge in [0, 0.05) is 12.5 Å². The van der Waals surface area contributed by atoms with Gasteiger partial charge in [-0.1, -0.05) is 39.3 Å². The fourth-order valence-corrected chi connectivity index (χ4v) is 9.84. The van der Waals surface area contributed by atoms with E-state index in [9.17, 15) is 5.11 Å². The van der Waals surface area contributed by atoms with Crippen molar-refractivity contribution in [2.45, 2.75) is 103 Å². The lowest BCUT2D eigenvalue weighted by Gasteiger charge is -2.58. The second-order valence-corrected chi connectivity index (χ2v) is 12.8. The number of hydrogen-bond donors (Lipinski definition) is 2. The zero-order valence-corrected chi connectivity index (χ0v) is 19.6. The molecule has 3 nitrogen and oxygen atoms in total. The van der Waals surface area contributed by atoms with Gasteiger partial charge in [-0.05, 0) is 98.2 Å². The van der Waals surface area contributed by atoms with Gasteiger partial charge in [-0.2, -0.15) is 0 Å². The van der Waals surface area contributed by atoms with Crippen LogP contribution in [0.25, 0.3) is 0 Å². The molecule has 0 bridgehead atoms. The van der Waals surface area contributed by atoms with Crippen molar-refractivity contribution in [3.63, 3.8) is 0 Å². The van der Waals surface area contributed by atoms with Crippen LogP contribution in [0.5, 0.6) is 0 Å². The standard InChI is InChI=1S/C27H43NO2/c1-16-7-12-27(28-15-16)17(2)24-23(30-27)14-22-20-6-5-18-13-19(29)8-10-25(18,3)21(20)9-11-26(22,24)4/h5,16-17,19-24,28-29H,6-15H2,1-4H3/t16?,17-,19-,20+,21-,22-,23-,24-,25-,26-,27?/m0/s1. The summed E-state index contributed by atoms with van der Waals surface area (Å²) in [6.45, 7) is 11.2. The van der Waals surface area contributed by atoms with E-state index in [1.54, 1.807) is 5.57 Å². The van der Waals surface area contributed by atoms with Crippen LogP contribution in [0.15, 0.2) is 11.6 Å². The first-order chi connectivity index (χ1) is 14.3. The Morgan fingerprint density at radius 1 is 1.07 bits per heavy atom. The molecule has 5 fully saturated rings. The normalized spacial score (nSPS) is 59.8. The predicted molar refractivity (Wildman–Crippen MR) is 120 cm³/mol. The molecule has 30 heavy (non-hydrogen) atoms. The SMILES string of the molecule is CC1CCC2(NC1)O[C@H]1C[C@H]3[C@@H]4CC=C5C[C@@H](O)CC[C@]5(C)[C@H]4CC[C@]3(C)[C@H]1[C@@H]2C. The van der Waals surface area contributed by atoms with E-state index >= 15 is 0 Å². The maximum Gasteiger partial charge on any atom is 0.122 e. The highest BCUT2D eigenvalue weighted by molar-refractivity contribution is 5.26. The molecule has 168 valence electrons. The van der Waals surface area contributed by atoms with Gasteiger partial charge in [0.2, 0.25) is 0 Å². The van der Waals surface area contributed by atoms with Crippen LogP contribution in [0, 0.1) is 46.3 Å². The molecule has 2 heterocycles. The highest BCUT2D eigenvalue weighted by atomic mass is 16.5. The molecule has 0 aromatic rings. The second kappa shape index (κ2) is 6.58. The fraction of sp³-hybridized carbons (Fsp3) is 0.926. The number of hydrogen-bond acceptors (Lipinski definition) is 3. The zero-order valence-electron chi connectivity index (χ0n) is 19.6. The molecule has 2 saturated heterocycles. The number of nitrogens with one attached hydrogen (secondary N) is 1. The van der Waals surface area contributed by atoms with Gasteiger partial charge in [-0.25, -0.2) is 0 Å². The third kappa shape index (κ3) is 2.55. The van der Waals surface area contributed by atoms with Crippen molar-refractivity contribution in [3.05, 3.63) is 11.6 Å². The van der Waals surface area contributed by atoms with Crippen LogP contribution in [0.4, 0.5) is 0 Å². The molecule has 4 aliphatic carbocycles. The molecular formula is C27H43NO2. The second-order valence-electron chi connectivity index (χ2n) is 12.8. The van der Waals surface area contributed by atoms with Gasteiger partial charge in [0.25, 0.3) is 0 Å². The van der Waals surface area contributed by atoms with E-state index in [2.05, 4.69) is 39.1 Å². The average Bonchev–Trinajstić information content (AvgIpc) is 3.16. The van der Waals surface area contributed by atoms with Crippen LogP contribution in [-0.2, 0) is 4.74 Å². The summed E-state index contributed by atoms with van der Waals surface area (Å²) in [5.74, 6) is 4.58. The molecule has 6 rings (SSSR count). The number of fused-ring (bicyclic) bond motifs is 7. The van der Waals surface area contributed by atoms with Crippen molar-refractivity contribution < 1.29 is 9.84 Å². The van der Waals surface area contributed by atoms with Gasteiger partial charge >= 0.3 is 0 Å². The number of aliphatic hydroxyl groups is 1. The van der Waals surface area contributed by atoms with Crippen molar-refractivity contribution in [1.82, 2.24) is 5.32 Å².